The van der Waals surface area contributed by atoms with Crippen LogP contribution in [0.4, 0.5) is 17.2 Å². The highest BCUT2D eigenvalue weighted by Gasteiger charge is 2.55. The van der Waals surface area contributed by atoms with Crippen LogP contribution in [0.2, 0.25) is 0 Å². The van der Waals surface area contributed by atoms with E-state index in [9.17, 15) is 4.79 Å². The molecule has 2 aromatic heterocycles. The number of aromatic nitrogens is 3. The van der Waals surface area contributed by atoms with Crippen molar-refractivity contribution in [2.24, 2.45) is 17.8 Å². The highest BCUT2D eigenvalue weighted by Crippen LogP contribution is 2.49. The Hall–Kier alpha value is -4.39. The minimum Gasteiger partial charge on any atom is -0.497 e. The van der Waals surface area contributed by atoms with Gasteiger partial charge in [0, 0.05) is 55.8 Å². The Morgan fingerprint density at radius 1 is 0.983 bits per heavy atom. The maximum Gasteiger partial charge on any atom is 0.224 e. The van der Waals surface area contributed by atoms with E-state index in [0.717, 1.165) is 84.2 Å². The van der Waals surface area contributed by atoms with Crippen molar-refractivity contribution in [1.29, 1.82) is 0 Å². The number of hydrogen-bond donors (Lipinski definition) is 3. The Morgan fingerprint density at radius 2 is 1.78 bits per heavy atom. The molecule has 4 aromatic rings. The first kappa shape index (κ1) is 40.4. The number of anilines is 3. The predicted octanol–water partition coefficient (Wildman–Crippen LogP) is 8.32. The van der Waals surface area contributed by atoms with E-state index in [0.29, 0.717) is 42.2 Å². The average Bonchev–Trinajstić information content (AvgIpc) is 3.82. The molecule has 1 aliphatic heterocycles. The Balaban J connectivity index is 0.927. The zero-order chi connectivity index (χ0) is 40.8. The lowest BCUT2D eigenvalue weighted by atomic mass is 9.75. The van der Waals surface area contributed by atoms with Crippen LogP contribution in [-0.2, 0) is 26.2 Å². The van der Waals surface area contributed by atoms with E-state index in [1.807, 2.05) is 50.2 Å². The van der Waals surface area contributed by atoms with E-state index in [1.54, 1.807) is 20.5 Å². The van der Waals surface area contributed by atoms with E-state index in [2.05, 4.69) is 58.1 Å². The van der Waals surface area contributed by atoms with Gasteiger partial charge in [0.05, 0.1) is 43.1 Å². The summed E-state index contributed by atoms with van der Waals surface area (Å²) in [6.45, 7) is 13.2. The van der Waals surface area contributed by atoms with E-state index < -0.39 is 5.79 Å². The summed E-state index contributed by atoms with van der Waals surface area (Å²) < 4.78 is 26.8. The Morgan fingerprint density at radius 3 is 2.50 bits per heavy atom. The number of nitrogens with one attached hydrogen (secondary N) is 2. The quantitative estimate of drug-likeness (QED) is 0.101. The van der Waals surface area contributed by atoms with E-state index in [4.69, 9.17) is 29.7 Å². The largest absolute Gasteiger partial charge is 0.497 e. The second-order valence-corrected chi connectivity index (χ2v) is 18.7. The van der Waals surface area contributed by atoms with Crippen molar-refractivity contribution in [3.8, 4) is 11.5 Å². The normalized spacial score (nSPS) is 25.3. The number of rotatable bonds is 15. The minimum absolute atomic E-state index is 0.00731. The summed E-state index contributed by atoms with van der Waals surface area (Å²) in [5.74, 6) is 3.30. The number of ether oxygens (including phenoxy) is 4. The third-order valence-corrected chi connectivity index (χ3v) is 13.2. The SMILES string of the molecule is COc1ccc(CNc2ncnc3c2ccn3[C@@H]2CC(CN(CC3CCC3)[C@H]3C[C@H](CCC(=O)Nc4cc(C(C)(C)C)ccc4N)C3)[C@H]3OC(C)(C)O[C@H]32)c(OC)c1. The van der Waals surface area contributed by atoms with Crippen LogP contribution in [0.15, 0.2) is 55.0 Å². The zero-order valence-corrected chi connectivity index (χ0v) is 35.4. The molecule has 1 saturated heterocycles. The van der Waals surface area contributed by atoms with Crippen LogP contribution in [0.3, 0.4) is 0 Å². The van der Waals surface area contributed by atoms with Crippen LogP contribution >= 0.6 is 0 Å². The fourth-order valence-electron chi connectivity index (χ4n) is 9.66. The predicted molar refractivity (Wildman–Crippen MR) is 228 cm³/mol. The standard InChI is InChI=1S/C46H63N7O5/c1-45(2,3)32-13-15-36(47)37(22-32)51-40(54)16-11-29-19-33(20-29)52(25-28-9-8-10-28)26-31-21-38(42-41(31)57-46(4,5)58-42)53-18-17-35-43(49-27-50-44(35)53)48-24-30-12-14-34(55-6)23-39(30)56-7/h12-15,17-18,22-23,27-29,31,33,38,41-42H,8-11,16,19-21,24-26,47H2,1-7H3,(H,51,54)(H,48,49,50)/t29-,31?,33-,38-,41-,42+/m1/s1. The van der Waals surface area contributed by atoms with Gasteiger partial charge in [-0.05, 0) is 106 Å². The highest BCUT2D eigenvalue weighted by atomic mass is 16.8. The van der Waals surface area contributed by atoms with Crippen LogP contribution in [0.1, 0.15) is 103 Å². The molecule has 58 heavy (non-hydrogen) atoms. The summed E-state index contributed by atoms with van der Waals surface area (Å²) in [4.78, 5) is 25.3. The molecule has 4 aliphatic rings. The van der Waals surface area contributed by atoms with E-state index in [1.165, 1.54) is 19.3 Å². The van der Waals surface area contributed by atoms with Crippen molar-refractivity contribution >= 4 is 34.1 Å². The first-order valence-corrected chi connectivity index (χ1v) is 21.3. The topological polar surface area (TPSA) is 138 Å². The smallest absolute Gasteiger partial charge is 0.224 e. The number of methoxy groups -OCH3 is 2. The lowest BCUT2D eigenvalue weighted by Gasteiger charge is -2.46. The number of carbonyl (C=O) groups is 1. The Labute approximate surface area is 343 Å². The van der Waals surface area contributed by atoms with Gasteiger partial charge in [-0.25, -0.2) is 9.97 Å². The molecule has 3 saturated carbocycles. The molecular weight excluding hydrogens is 731 g/mol. The maximum atomic E-state index is 13.1. The monoisotopic (exact) mass is 793 g/mol. The lowest BCUT2D eigenvalue weighted by molar-refractivity contribution is -0.161. The molecule has 3 heterocycles. The highest BCUT2D eigenvalue weighted by molar-refractivity contribution is 5.94. The summed E-state index contributed by atoms with van der Waals surface area (Å²) >= 11 is 0. The Bertz CT molecular complexity index is 2080. The second kappa shape index (κ2) is 16.3. The third-order valence-electron chi connectivity index (χ3n) is 13.2. The van der Waals surface area contributed by atoms with Crippen molar-refractivity contribution in [3.63, 3.8) is 0 Å². The first-order valence-electron chi connectivity index (χ1n) is 21.3. The first-order chi connectivity index (χ1) is 27.8. The maximum absolute atomic E-state index is 13.1. The Kier molecular flexibility index (Phi) is 11.4. The van der Waals surface area contributed by atoms with Gasteiger partial charge in [-0.3, -0.25) is 9.69 Å². The van der Waals surface area contributed by atoms with Crippen LogP contribution in [0.25, 0.3) is 11.0 Å². The van der Waals surface area contributed by atoms with E-state index in [-0.39, 0.29) is 29.6 Å². The molecule has 3 aliphatic carbocycles. The van der Waals surface area contributed by atoms with Gasteiger partial charge in [0.1, 0.15) is 35.4 Å². The molecule has 0 radical (unpaired) electrons. The van der Waals surface area contributed by atoms with Gasteiger partial charge in [-0.1, -0.05) is 33.3 Å². The molecule has 8 rings (SSSR count). The minimum atomic E-state index is -0.659. The van der Waals surface area contributed by atoms with Gasteiger partial charge in [0.25, 0.3) is 0 Å². The zero-order valence-electron chi connectivity index (χ0n) is 35.4. The average molecular weight is 794 g/mol. The molecule has 12 nitrogen and oxygen atoms in total. The summed E-state index contributed by atoms with van der Waals surface area (Å²) in [5, 5.41) is 7.61. The van der Waals surface area contributed by atoms with Crippen molar-refractivity contribution in [2.75, 3.05) is 43.7 Å². The molecule has 4 N–H and O–H groups in total. The fourth-order valence-corrected chi connectivity index (χ4v) is 9.66. The van der Waals surface area contributed by atoms with Crippen LogP contribution < -0.4 is 25.8 Å². The van der Waals surface area contributed by atoms with Crippen LogP contribution in [-0.4, -0.2) is 76.7 Å². The van der Waals surface area contributed by atoms with Gasteiger partial charge >= 0.3 is 0 Å². The molecule has 312 valence electrons. The number of hydrogen-bond acceptors (Lipinski definition) is 10. The number of nitrogens with two attached hydrogens (primary N) is 1. The summed E-state index contributed by atoms with van der Waals surface area (Å²) in [6.07, 6.45) is 12.3. The van der Waals surface area contributed by atoms with Crippen molar-refractivity contribution in [3.05, 3.63) is 66.1 Å². The number of carbonyl (C=O) groups excluding carboxylic acids is 1. The summed E-state index contributed by atoms with van der Waals surface area (Å²) in [6, 6.07) is 14.5. The molecule has 0 bridgehead atoms. The molecular formula is C46H63N7O5. The van der Waals surface area contributed by atoms with Crippen LogP contribution in [0.5, 0.6) is 11.5 Å². The summed E-state index contributed by atoms with van der Waals surface area (Å²) in [7, 11) is 3.32. The van der Waals surface area contributed by atoms with Gasteiger partial charge in [0.2, 0.25) is 5.91 Å². The van der Waals surface area contributed by atoms with Crippen molar-refractivity contribution in [2.45, 2.75) is 128 Å². The number of fused-ring (bicyclic) bond motifs is 2. The number of benzene rings is 2. The number of amides is 1. The number of nitrogen functional groups attached to an aromatic ring is 1. The third kappa shape index (κ3) is 8.51. The second-order valence-electron chi connectivity index (χ2n) is 18.7. The van der Waals surface area contributed by atoms with Crippen molar-refractivity contribution in [1.82, 2.24) is 19.4 Å². The fraction of sp³-hybridized carbons (Fsp3) is 0.587. The molecule has 4 fully saturated rings. The summed E-state index contributed by atoms with van der Waals surface area (Å²) in [5.41, 5.74) is 10.6. The lowest BCUT2D eigenvalue weighted by Crippen LogP contribution is -2.50. The van der Waals surface area contributed by atoms with Gasteiger partial charge < -0.3 is 39.9 Å². The molecule has 4 atom stereocenters. The van der Waals surface area contributed by atoms with Gasteiger partial charge in [0.15, 0.2) is 5.79 Å². The molecule has 0 spiro atoms. The molecule has 2 aromatic carbocycles. The van der Waals surface area contributed by atoms with Crippen LogP contribution in [0, 0.1) is 17.8 Å². The van der Waals surface area contributed by atoms with Gasteiger partial charge in [-0.15, -0.1) is 0 Å². The van der Waals surface area contributed by atoms with Gasteiger partial charge in [-0.2, -0.15) is 0 Å². The molecule has 1 unspecified atom stereocenters. The van der Waals surface area contributed by atoms with Crippen molar-refractivity contribution < 1.29 is 23.7 Å². The van der Waals surface area contributed by atoms with E-state index >= 15 is 0 Å². The number of nitrogens with zero attached hydrogens (tertiary/aromatic N) is 4. The molecule has 1 amide bonds. The molecule has 12 heteroatoms.